The van der Waals surface area contributed by atoms with Crippen LogP contribution in [0.2, 0.25) is 0 Å². The standard InChI is InChI=1S/C22H39N11O11/c23-4-14(36)27-7-17(39)31-13(10-35)21(44)32-11(2-1-3-26-22(24)25)20(43)33-12(9-34)19(42)30-6-16(38)28-5-15(37)29-8-18(40)41/h11-13,34-35H,1-10,23H2,(H,27,36)(H,28,38)(H,29,37)(H,30,42)(H,31,39)(H,32,44)(H,33,43)(H,40,41)(H4,24,25,26)/t11-,12-,13-/m0/s1. The second-order valence-corrected chi connectivity index (χ2v) is 8.74. The van der Waals surface area contributed by atoms with Crippen LogP contribution in [0.25, 0.3) is 0 Å². The second-order valence-electron chi connectivity index (χ2n) is 8.74. The number of nitrogens with one attached hydrogen (secondary N) is 9. The Morgan fingerprint density at radius 1 is 0.614 bits per heavy atom. The maximum absolute atomic E-state index is 13.0. The molecule has 0 aliphatic heterocycles. The molecule has 0 aromatic heterocycles. The third kappa shape index (κ3) is 17.7. The molecule has 7 amide bonds. The molecule has 0 rings (SSSR count). The molecule has 0 saturated heterocycles. The Balaban J connectivity index is 5.24. The zero-order chi connectivity index (χ0) is 33.7. The Morgan fingerprint density at radius 3 is 1.64 bits per heavy atom. The van der Waals surface area contributed by atoms with Crippen molar-refractivity contribution in [3.05, 3.63) is 0 Å². The highest BCUT2D eigenvalue weighted by atomic mass is 16.4. The van der Waals surface area contributed by atoms with E-state index in [1.165, 1.54) is 0 Å². The van der Waals surface area contributed by atoms with Gasteiger partial charge in [-0.05, 0) is 12.8 Å². The molecule has 0 unspecified atom stereocenters. The number of aliphatic carboxylic acids is 1. The van der Waals surface area contributed by atoms with E-state index in [1.54, 1.807) is 0 Å². The van der Waals surface area contributed by atoms with E-state index in [2.05, 4.69) is 37.2 Å². The van der Waals surface area contributed by atoms with E-state index < -0.39 is 105 Å². The van der Waals surface area contributed by atoms with Gasteiger partial charge in [0, 0.05) is 6.54 Å². The van der Waals surface area contributed by atoms with Crippen molar-refractivity contribution in [1.82, 2.24) is 42.5 Å². The lowest BCUT2D eigenvalue weighted by Gasteiger charge is -2.24. The van der Waals surface area contributed by atoms with Crippen LogP contribution in [0.5, 0.6) is 0 Å². The molecule has 0 aromatic rings. The van der Waals surface area contributed by atoms with E-state index in [0.29, 0.717) is 0 Å². The lowest BCUT2D eigenvalue weighted by atomic mass is 10.1. The summed E-state index contributed by atoms with van der Waals surface area (Å²) in [5.41, 5.74) is 10.3. The van der Waals surface area contributed by atoms with E-state index >= 15 is 0 Å². The summed E-state index contributed by atoms with van der Waals surface area (Å²) < 4.78 is 0. The van der Waals surface area contributed by atoms with Gasteiger partial charge in [0.05, 0.1) is 39.4 Å². The number of carboxylic acids is 1. The highest BCUT2D eigenvalue weighted by Gasteiger charge is 2.29. The smallest absolute Gasteiger partial charge is 0.322 e. The number of amides is 7. The first-order valence-electron chi connectivity index (χ1n) is 12.9. The van der Waals surface area contributed by atoms with Crippen LogP contribution in [0.15, 0.2) is 0 Å². The second kappa shape index (κ2) is 21.6. The number of carbonyl (C=O) groups excluding carboxylic acids is 7. The van der Waals surface area contributed by atoms with E-state index in [-0.39, 0.29) is 31.9 Å². The molecule has 3 atom stereocenters. The molecular formula is C22H39N11O11. The Bertz CT molecular complexity index is 1060. The summed E-state index contributed by atoms with van der Waals surface area (Å²) in [6, 6.07) is -4.55. The van der Waals surface area contributed by atoms with Crippen LogP contribution in [-0.4, -0.2) is 139 Å². The summed E-state index contributed by atoms with van der Waals surface area (Å²) in [5, 5.41) is 52.5. The van der Waals surface area contributed by atoms with Crippen molar-refractivity contribution in [3.63, 3.8) is 0 Å². The molecule has 0 saturated carbocycles. The topological polar surface area (TPSA) is 369 Å². The van der Waals surface area contributed by atoms with Crippen LogP contribution >= 0.6 is 0 Å². The SMILES string of the molecule is N=C(N)NCCC[C@H](NC(=O)[C@H](CO)NC(=O)CNC(=O)CN)C(=O)N[C@@H](CO)C(=O)NCC(=O)NCC(=O)NCC(=O)O. The number of rotatable bonds is 21. The van der Waals surface area contributed by atoms with Gasteiger partial charge in [-0.15, -0.1) is 0 Å². The fraction of sp³-hybridized carbons (Fsp3) is 0.591. The number of nitrogens with two attached hydrogens (primary N) is 2. The summed E-state index contributed by atoms with van der Waals surface area (Å²) in [4.78, 5) is 95.1. The largest absolute Gasteiger partial charge is 0.480 e. The minimum absolute atomic E-state index is 0.101. The van der Waals surface area contributed by atoms with E-state index in [9.17, 15) is 48.6 Å². The maximum atomic E-state index is 13.0. The zero-order valence-corrected chi connectivity index (χ0v) is 23.6. The molecule has 22 nitrogen and oxygen atoms in total. The number of carboxylic acid groups (broad SMARTS) is 1. The van der Waals surface area contributed by atoms with E-state index in [1.807, 2.05) is 5.32 Å². The van der Waals surface area contributed by atoms with Gasteiger partial charge in [-0.1, -0.05) is 0 Å². The van der Waals surface area contributed by atoms with E-state index in [4.69, 9.17) is 22.0 Å². The monoisotopic (exact) mass is 633 g/mol. The van der Waals surface area contributed by atoms with Crippen molar-refractivity contribution >= 4 is 53.3 Å². The Kier molecular flexibility index (Phi) is 19.1. The molecule has 22 heteroatoms. The molecule has 0 aliphatic rings. The quantitative estimate of drug-likeness (QED) is 0.0317. The fourth-order valence-corrected chi connectivity index (χ4v) is 3.00. The van der Waals surface area contributed by atoms with Crippen molar-refractivity contribution in [1.29, 1.82) is 5.41 Å². The third-order valence-electron chi connectivity index (χ3n) is 5.21. The van der Waals surface area contributed by atoms with Gasteiger partial charge in [0.15, 0.2) is 5.96 Å². The average molecular weight is 634 g/mol. The van der Waals surface area contributed by atoms with Crippen molar-refractivity contribution in [2.75, 3.05) is 52.5 Å². The van der Waals surface area contributed by atoms with Gasteiger partial charge < -0.3 is 69.3 Å². The average Bonchev–Trinajstić information content (AvgIpc) is 2.98. The first-order valence-corrected chi connectivity index (χ1v) is 12.9. The number of carbonyl (C=O) groups is 8. The molecule has 0 aliphatic carbocycles. The number of hydrogen-bond donors (Lipinski definition) is 14. The summed E-state index contributed by atoms with van der Waals surface area (Å²) in [6.45, 7) is -4.60. The molecule has 248 valence electrons. The van der Waals surface area contributed by atoms with Gasteiger partial charge in [0.1, 0.15) is 24.7 Å². The molecule has 0 heterocycles. The van der Waals surface area contributed by atoms with Crippen molar-refractivity contribution in [3.8, 4) is 0 Å². The van der Waals surface area contributed by atoms with Crippen LogP contribution in [0.3, 0.4) is 0 Å². The van der Waals surface area contributed by atoms with Crippen LogP contribution in [0.1, 0.15) is 12.8 Å². The predicted octanol–water partition coefficient (Wildman–Crippen LogP) is -8.80. The minimum atomic E-state index is -1.61. The van der Waals surface area contributed by atoms with Crippen LogP contribution < -0.4 is 54.0 Å². The lowest BCUT2D eigenvalue weighted by molar-refractivity contribution is -0.138. The van der Waals surface area contributed by atoms with Crippen LogP contribution in [0.4, 0.5) is 0 Å². The lowest BCUT2D eigenvalue weighted by Crippen LogP contribution is -2.59. The molecule has 0 radical (unpaired) electrons. The summed E-state index contributed by atoms with van der Waals surface area (Å²) in [6.07, 6.45) is 0.0397. The highest BCUT2D eigenvalue weighted by molar-refractivity contribution is 5.96. The minimum Gasteiger partial charge on any atom is -0.480 e. The number of guanidine groups is 1. The molecule has 0 aromatic carbocycles. The Hall–Kier alpha value is -5.09. The van der Waals surface area contributed by atoms with Crippen molar-refractivity contribution in [2.24, 2.45) is 11.5 Å². The summed E-state index contributed by atoms with van der Waals surface area (Å²) in [7, 11) is 0. The zero-order valence-electron chi connectivity index (χ0n) is 23.6. The number of aliphatic hydroxyl groups is 2. The summed E-state index contributed by atoms with van der Waals surface area (Å²) >= 11 is 0. The highest BCUT2D eigenvalue weighted by Crippen LogP contribution is 2.00. The summed E-state index contributed by atoms with van der Waals surface area (Å²) in [5.74, 6) is -7.83. The molecule has 0 bridgehead atoms. The van der Waals surface area contributed by atoms with Gasteiger partial charge >= 0.3 is 5.97 Å². The predicted molar refractivity (Wildman–Crippen MR) is 148 cm³/mol. The van der Waals surface area contributed by atoms with Gasteiger partial charge in [0.25, 0.3) is 0 Å². The first-order chi connectivity index (χ1) is 20.7. The molecule has 0 spiro atoms. The first kappa shape index (κ1) is 38.9. The Labute approximate surface area is 250 Å². The molecule has 44 heavy (non-hydrogen) atoms. The van der Waals surface area contributed by atoms with Crippen molar-refractivity contribution in [2.45, 2.75) is 31.0 Å². The van der Waals surface area contributed by atoms with Crippen molar-refractivity contribution < 1.29 is 53.7 Å². The maximum Gasteiger partial charge on any atom is 0.322 e. The number of aliphatic hydroxyl groups excluding tert-OH is 2. The fourth-order valence-electron chi connectivity index (χ4n) is 3.00. The van der Waals surface area contributed by atoms with Crippen LogP contribution in [0, 0.1) is 5.41 Å². The van der Waals surface area contributed by atoms with Gasteiger partial charge in [0.2, 0.25) is 41.4 Å². The normalized spacial score (nSPS) is 12.2. The molecule has 0 fully saturated rings. The molecule has 16 N–H and O–H groups in total. The molecular weight excluding hydrogens is 594 g/mol. The van der Waals surface area contributed by atoms with Crippen LogP contribution in [-0.2, 0) is 38.4 Å². The Morgan fingerprint density at radius 2 is 1.09 bits per heavy atom. The van der Waals surface area contributed by atoms with Gasteiger partial charge in [-0.3, -0.25) is 43.8 Å². The number of hydrogen-bond acceptors (Lipinski definition) is 12. The third-order valence-corrected chi connectivity index (χ3v) is 5.21. The van der Waals surface area contributed by atoms with Gasteiger partial charge in [-0.25, -0.2) is 0 Å². The van der Waals surface area contributed by atoms with Gasteiger partial charge in [-0.2, -0.15) is 0 Å². The van der Waals surface area contributed by atoms with E-state index in [0.717, 1.165) is 0 Å².